The SMILES string of the molecule is O=C1CCN(c2nc(C(=O)O)ccc2[N+](=O)[O-])CCN1. The van der Waals surface area contributed by atoms with Gasteiger partial charge >= 0.3 is 11.7 Å². The Hall–Kier alpha value is -2.71. The van der Waals surface area contributed by atoms with Gasteiger partial charge in [0, 0.05) is 32.1 Å². The van der Waals surface area contributed by atoms with Crippen molar-refractivity contribution in [2.45, 2.75) is 6.42 Å². The Morgan fingerprint density at radius 2 is 2.20 bits per heavy atom. The lowest BCUT2D eigenvalue weighted by atomic mass is 10.3. The number of aromatic nitrogens is 1. The van der Waals surface area contributed by atoms with Crippen LogP contribution in [0.2, 0.25) is 0 Å². The number of carbonyl (C=O) groups is 2. The number of hydrogen-bond acceptors (Lipinski definition) is 6. The molecule has 0 aromatic carbocycles. The van der Waals surface area contributed by atoms with Gasteiger partial charge in [-0.3, -0.25) is 14.9 Å². The van der Waals surface area contributed by atoms with E-state index in [1.165, 1.54) is 0 Å². The topological polar surface area (TPSA) is 126 Å². The van der Waals surface area contributed by atoms with Crippen LogP contribution in [0.5, 0.6) is 0 Å². The summed E-state index contributed by atoms with van der Waals surface area (Å²) in [6.45, 7) is 0.917. The molecule has 1 aromatic rings. The van der Waals surface area contributed by atoms with Gasteiger partial charge in [-0.05, 0) is 6.07 Å². The van der Waals surface area contributed by atoms with E-state index in [0.29, 0.717) is 13.1 Å². The van der Waals surface area contributed by atoms with Crippen LogP contribution in [-0.4, -0.2) is 46.5 Å². The quantitative estimate of drug-likeness (QED) is 0.590. The highest BCUT2D eigenvalue weighted by atomic mass is 16.6. The molecule has 1 fully saturated rings. The molecule has 106 valence electrons. The minimum absolute atomic E-state index is 0.0219. The molecule has 0 atom stereocenters. The normalized spacial score (nSPS) is 15.4. The van der Waals surface area contributed by atoms with E-state index in [1.54, 1.807) is 4.90 Å². The lowest BCUT2D eigenvalue weighted by molar-refractivity contribution is -0.384. The van der Waals surface area contributed by atoms with Gasteiger partial charge in [0.25, 0.3) is 0 Å². The molecule has 0 spiro atoms. The number of nitrogens with one attached hydrogen (secondary N) is 1. The third-order valence-electron chi connectivity index (χ3n) is 2.88. The first kappa shape index (κ1) is 13.7. The minimum Gasteiger partial charge on any atom is -0.477 e. The second kappa shape index (κ2) is 5.51. The zero-order chi connectivity index (χ0) is 14.7. The van der Waals surface area contributed by atoms with Crippen LogP contribution >= 0.6 is 0 Å². The summed E-state index contributed by atoms with van der Waals surface area (Å²) >= 11 is 0. The number of pyridine rings is 1. The van der Waals surface area contributed by atoms with Gasteiger partial charge in [-0.25, -0.2) is 9.78 Å². The van der Waals surface area contributed by atoms with Crippen molar-refractivity contribution in [1.29, 1.82) is 0 Å². The highest BCUT2D eigenvalue weighted by Crippen LogP contribution is 2.26. The van der Waals surface area contributed by atoms with Crippen LogP contribution in [-0.2, 0) is 4.79 Å². The van der Waals surface area contributed by atoms with Crippen LogP contribution in [0.15, 0.2) is 12.1 Å². The maximum Gasteiger partial charge on any atom is 0.354 e. The fourth-order valence-corrected chi connectivity index (χ4v) is 1.91. The van der Waals surface area contributed by atoms with Crippen molar-refractivity contribution < 1.29 is 19.6 Å². The number of aromatic carboxylic acids is 1. The maximum atomic E-state index is 11.3. The van der Waals surface area contributed by atoms with E-state index >= 15 is 0 Å². The molecule has 1 saturated heterocycles. The molecule has 9 heteroatoms. The van der Waals surface area contributed by atoms with E-state index in [9.17, 15) is 19.7 Å². The smallest absolute Gasteiger partial charge is 0.354 e. The number of carboxylic acids is 1. The first-order chi connectivity index (χ1) is 9.49. The Labute approximate surface area is 113 Å². The van der Waals surface area contributed by atoms with Crippen LogP contribution in [0.4, 0.5) is 11.5 Å². The number of rotatable bonds is 3. The molecule has 0 aliphatic carbocycles. The number of anilines is 1. The van der Waals surface area contributed by atoms with Crippen molar-refractivity contribution in [3.8, 4) is 0 Å². The zero-order valence-corrected chi connectivity index (χ0v) is 10.4. The highest BCUT2D eigenvalue weighted by Gasteiger charge is 2.25. The minimum atomic E-state index is -1.26. The van der Waals surface area contributed by atoms with Crippen molar-refractivity contribution in [2.24, 2.45) is 0 Å². The van der Waals surface area contributed by atoms with E-state index in [2.05, 4.69) is 10.3 Å². The van der Waals surface area contributed by atoms with Crippen LogP contribution in [0.1, 0.15) is 16.9 Å². The Morgan fingerprint density at radius 3 is 2.85 bits per heavy atom. The first-order valence-corrected chi connectivity index (χ1v) is 5.89. The molecule has 2 N–H and O–H groups in total. The Balaban J connectivity index is 2.40. The van der Waals surface area contributed by atoms with Gasteiger partial charge in [0.15, 0.2) is 5.69 Å². The molecule has 1 amide bonds. The van der Waals surface area contributed by atoms with Gasteiger partial charge < -0.3 is 15.3 Å². The van der Waals surface area contributed by atoms with E-state index in [-0.39, 0.29) is 36.1 Å². The molecule has 9 nitrogen and oxygen atoms in total. The molecule has 1 aromatic heterocycles. The first-order valence-electron chi connectivity index (χ1n) is 5.89. The molecule has 1 aliphatic rings. The lowest BCUT2D eigenvalue weighted by Crippen LogP contribution is -2.30. The predicted octanol–water partition coefficient (Wildman–Crippen LogP) is 0.0143. The maximum absolute atomic E-state index is 11.3. The van der Waals surface area contributed by atoms with Crippen LogP contribution < -0.4 is 10.2 Å². The monoisotopic (exact) mass is 280 g/mol. The van der Waals surface area contributed by atoms with Crippen molar-refractivity contribution in [3.05, 3.63) is 27.9 Å². The average Bonchev–Trinajstić information content (AvgIpc) is 2.62. The third kappa shape index (κ3) is 2.82. The van der Waals surface area contributed by atoms with Crippen molar-refractivity contribution in [3.63, 3.8) is 0 Å². The fraction of sp³-hybridized carbons (Fsp3) is 0.364. The average molecular weight is 280 g/mol. The predicted molar refractivity (Wildman–Crippen MR) is 67.7 cm³/mol. The number of carbonyl (C=O) groups excluding carboxylic acids is 1. The molecule has 0 radical (unpaired) electrons. The van der Waals surface area contributed by atoms with Gasteiger partial charge in [-0.15, -0.1) is 0 Å². The van der Waals surface area contributed by atoms with E-state index in [0.717, 1.165) is 12.1 Å². The Bertz CT molecular complexity index is 574. The summed E-state index contributed by atoms with van der Waals surface area (Å²) in [4.78, 5) is 37.9. The molecular formula is C11H12N4O5. The zero-order valence-electron chi connectivity index (χ0n) is 10.4. The summed E-state index contributed by atoms with van der Waals surface area (Å²) in [6, 6.07) is 2.21. The molecule has 0 bridgehead atoms. The molecule has 0 saturated carbocycles. The summed E-state index contributed by atoms with van der Waals surface area (Å²) < 4.78 is 0. The van der Waals surface area contributed by atoms with Crippen LogP contribution in [0, 0.1) is 10.1 Å². The number of carboxylic acid groups (broad SMARTS) is 1. The second-order valence-electron chi connectivity index (χ2n) is 4.19. The van der Waals surface area contributed by atoms with Gasteiger partial charge in [-0.2, -0.15) is 0 Å². The second-order valence-corrected chi connectivity index (χ2v) is 4.19. The third-order valence-corrected chi connectivity index (χ3v) is 2.88. The largest absolute Gasteiger partial charge is 0.477 e. The summed E-state index contributed by atoms with van der Waals surface area (Å²) in [5, 5.41) is 22.6. The Morgan fingerprint density at radius 1 is 1.45 bits per heavy atom. The standard InChI is InChI=1S/C11H12N4O5/c16-9-3-5-14(6-4-12-9)10-8(15(19)20)2-1-7(13-10)11(17)18/h1-2H,3-6H2,(H,12,16)(H,17,18). The fourth-order valence-electron chi connectivity index (χ4n) is 1.91. The number of nitrogens with zero attached hydrogens (tertiary/aromatic N) is 3. The van der Waals surface area contributed by atoms with Crippen LogP contribution in [0.3, 0.4) is 0 Å². The van der Waals surface area contributed by atoms with Crippen molar-refractivity contribution in [2.75, 3.05) is 24.5 Å². The molecule has 2 heterocycles. The number of nitro groups is 1. The summed E-state index contributed by atoms with van der Waals surface area (Å²) in [5.41, 5.74) is -0.543. The van der Waals surface area contributed by atoms with Gasteiger partial charge in [0.05, 0.1) is 4.92 Å². The molecular weight excluding hydrogens is 268 g/mol. The van der Waals surface area contributed by atoms with E-state index in [1.807, 2.05) is 0 Å². The van der Waals surface area contributed by atoms with Crippen molar-refractivity contribution in [1.82, 2.24) is 10.3 Å². The van der Waals surface area contributed by atoms with Crippen LogP contribution in [0.25, 0.3) is 0 Å². The van der Waals surface area contributed by atoms with Crippen molar-refractivity contribution >= 4 is 23.4 Å². The van der Waals surface area contributed by atoms with Gasteiger partial charge in [0.1, 0.15) is 0 Å². The molecule has 20 heavy (non-hydrogen) atoms. The van der Waals surface area contributed by atoms with E-state index in [4.69, 9.17) is 5.11 Å². The number of hydrogen-bond donors (Lipinski definition) is 2. The molecule has 1 aliphatic heterocycles. The Kier molecular flexibility index (Phi) is 3.78. The van der Waals surface area contributed by atoms with Gasteiger partial charge in [-0.1, -0.05) is 0 Å². The molecule has 0 unspecified atom stereocenters. The lowest BCUT2D eigenvalue weighted by Gasteiger charge is -2.20. The summed E-state index contributed by atoms with van der Waals surface area (Å²) in [6.07, 6.45) is 0.177. The summed E-state index contributed by atoms with van der Waals surface area (Å²) in [7, 11) is 0. The van der Waals surface area contributed by atoms with E-state index < -0.39 is 10.9 Å². The van der Waals surface area contributed by atoms with Gasteiger partial charge in [0.2, 0.25) is 11.7 Å². The number of amides is 1. The molecule has 2 rings (SSSR count). The summed E-state index contributed by atoms with van der Waals surface area (Å²) in [5.74, 6) is -1.43. The highest BCUT2D eigenvalue weighted by molar-refractivity contribution is 5.86.